The maximum Gasteiger partial charge on any atom is 0.132 e. The zero-order valence-corrected chi connectivity index (χ0v) is 11.9. The first kappa shape index (κ1) is 15.7. The van der Waals surface area contributed by atoms with Crippen LogP contribution >= 0.6 is 0 Å². The highest BCUT2D eigenvalue weighted by Gasteiger charge is 2.30. The second-order valence-electron chi connectivity index (χ2n) is 5.47. The molecule has 0 spiro atoms. The number of hydrogen-bond donors (Lipinski definition) is 0. The van der Waals surface area contributed by atoms with Crippen LogP contribution in [0.5, 0.6) is 0 Å². The predicted octanol–water partition coefficient (Wildman–Crippen LogP) is 4.99. The number of rotatable bonds is 9. The zero-order valence-electron chi connectivity index (χ0n) is 11.9. The van der Waals surface area contributed by atoms with Crippen LogP contribution in [0.3, 0.4) is 0 Å². The third-order valence-electron chi connectivity index (χ3n) is 3.77. The van der Waals surface area contributed by atoms with Gasteiger partial charge in [-0.1, -0.05) is 47.0 Å². The van der Waals surface area contributed by atoms with Crippen molar-refractivity contribution in [1.82, 2.24) is 0 Å². The van der Waals surface area contributed by atoms with Crippen molar-refractivity contribution in [2.45, 2.75) is 79.6 Å². The Bertz CT molecular complexity index is 179. The Morgan fingerprint density at radius 2 is 1.38 bits per heavy atom. The number of Topliss-reactive ketones (excluding diaryl/α,β-unsaturated/α-hetero) is 1. The van der Waals surface area contributed by atoms with Gasteiger partial charge in [-0.2, -0.15) is 0 Å². The largest absolute Gasteiger partial charge is 0.300 e. The van der Waals surface area contributed by atoms with Gasteiger partial charge < -0.3 is 0 Å². The lowest BCUT2D eigenvalue weighted by molar-refractivity contribution is -0.121. The molecule has 0 amide bonds. The summed E-state index contributed by atoms with van der Waals surface area (Å²) in [5, 5.41) is 0. The van der Waals surface area contributed by atoms with E-state index in [1.165, 1.54) is 38.5 Å². The number of hydrogen-bond acceptors (Lipinski definition) is 1. The molecular weight excluding hydrogens is 196 g/mol. The molecule has 0 heterocycles. The monoisotopic (exact) mass is 226 g/mol. The first-order chi connectivity index (χ1) is 7.51. The molecule has 0 saturated heterocycles. The van der Waals surface area contributed by atoms with E-state index in [1.54, 1.807) is 6.92 Å². The van der Waals surface area contributed by atoms with Crippen LogP contribution in [-0.2, 0) is 4.79 Å². The summed E-state index contributed by atoms with van der Waals surface area (Å²) in [7, 11) is 0. The maximum absolute atomic E-state index is 11.4. The number of ketones is 1. The number of carbonyl (C=O) groups is 1. The Kier molecular flexibility index (Phi) is 7.70. The molecule has 0 N–H and O–H groups in total. The van der Waals surface area contributed by atoms with Crippen molar-refractivity contribution in [3.05, 3.63) is 0 Å². The maximum atomic E-state index is 11.4. The first-order valence-electron chi connectivity index (χ1n) is 7.01. The van der Waals surface area contributed by atoms with Gasteiger partial charge in [-0.25, -0.2) is 0 Å². The fourth-order valence-electron chi connectivity index (χ4n) is 3.07. The highest BCUT2D eigenvalue weighted by molar-refractivity contribution is 5.77. The Hall–Kier alpha value is -0.330. The normalized spacial score (nSPS) is 13.8. The molecule has 0 aliphatic heterocycles. The van der Waals surface area contributed by atoms with Crippen LogP contribution in [-0.4, -0.2) is 5.78 Å². The second-order valence-corrected chi connectivity index (χ2v) is 5.47. The summed E-state index contributed by atoms with van der Waals surface area (Å²) in [6, 6.07) is 0. The summed E-state index contributed by atoms with van der Waals surface area (Å²) in [6.45, 7) is 10.6. The van der Waals surface area contributed by atoms with Gasteiger partial charge >= 0.3 is 0 Å². The molecule has 1 atom stereocenters. The lowest BCUT2D eigenvalue weighted by Gasteiger charge is -2.35. The van der Waals surface area contributed by atoms with Gasteiger partial charge in [0.05, 0.1) is 0 Å². The third-order valence-corrected chi connectivity index (χ3v) is 3.77. The topological polar surface area (TPSA) is 17.1 Å². The second kappa shape index (κ2) is 7.86. The van der Waals surface area contributed by atoms with Crippen LogP contribution in [0.15, 0.2) is 0 Å². The van der Waals surface area contributed by atoms with Gasteiger partial charge in [-0.15, -0.1) is 0 Å². The molecular formula is C15H30O. The standard InChI is InChI=1S/C15H30O/c1-6-9-15(10-7-2,11-8-3)12-13(4)14(5)16/h13H,6-12H2,1-5H3/t13-/m1/s1. The van der Waals surface area contributed by atoms with Crippen LogP contribution in [0.1, 0.15) is 79.6 Å². The van der Waals surface area contributed by atoms with Gasteiger partial charge in [0.15, 0.2) is 0 Å². The molecule has 0 saturated carbocycles. The minimum Gasteiger partial charge on any atom is -0.300 e. The Morgan fingerprint density at radius 1 is 1.00 bits per heavy atom. The summed E-state index contributed by atoms with van der Waals surface area (Å²) >= 11 is 0. The molecule has 1 heteroatoms. The van der Waals surface area contributed by atoms with Crippen LogP contribution in [0.25, 0.3) is 0 Å². The molecule has 0 aliphatic rings. The van der Waals surface area contributed by atoms with E-state index < -0.39 is 0 Å². The molecule has 0 fully saturated rings. The van der Waals surface area contributed by atoms with Gasteiger partial charge in [-0.3, -0.25) is 4.79 Å². The lowest BCUT2D eigenvalue weighted by atomic mass is 9.70. The van der Waals surface area contributed by atoms with E-state index in [0.717, 1.165) is 6.42 Å². The lowest BCUT2D eigenvalue weighted by Crippen LogP contribution is -2.26. The van der Waals surface area contributed by atoms with Crippen LogP contribution in [0, 0.1) is 11.3 Å². The van der Waals surface area contributed by atoms with Crippen LogP contribution in [0.4, 0.5) is 0 Å². The fourth-order valence-corrected chi connectivity index (χ4v) is 3.07. The van der Waals surface area contributed by atoms with Crippen LogP contribution < -0.4 is 0 Å². The SMILES string of the molecule is CCCC(CCC)(CCC)C[C@@H](C)C(C)=O. The molecule has 16 heavy (non-hydrogen) atoms. The Labute approximate surface area is 102 Å². The molecule has 0 unspecified atom stereocenters. The van der Waals surface area contributed by atoms with Crippen molar-refractivity contribution < 1.29 is 4.79 Å². The Morgan fingerprint density at radius 3 is 1.62 bits per heavy atom. The quantitative estimate of drug-likeness (QED) is 0.541. The first-order valence-corrected chi connectivity index (χ1v) is 7.01. The summed E-state index contributed by atoms with van der Waals surface area (Å²) in [5.41, 5.74) is 0.434. The fraction of sp³-hybridized carbons (Fsp3) is 0.933. The van der Waals surface area contributed by atoms with Crippen molar-refractivity contribution in [1.29, 1.82) is 0 Å². The van der Waals surface area contributed by atoms with E-state index in [4.69, 9.17) is 0 Å². The average Bonchev–Trinajstić information content (AvgIpc) is 2.18. The van der Waals surface area contributed by atoms with Gasteiger partial charge in [0.1, 0.15) is 5.78 Å². The molecule has 96 valence electrons. The van der Waals surface area contributed by atoms with E-state index >= 15 is 0 Å². The van der Waals surface area contributed by atoms with Crippen molar-refractivity contribution in [2.75, 3.05) is 0 Å². The molecule has 0 rings (SSSR count). The van der Waals surface area contributed by atoms with E-state index in [-0.39, 0.29) is 5.92 Å². The molecule has 0 radical (unpaired) electrons. The zero-order chi connectivity index (χ0) is 12.6. The highest BCUT2D eigenvalue weighted by atomic mass is 16.1. The van der Waals surface area contributed by atoms with Crippen molar-refractivity contribution >= 4 is 5.78 Å². The minimum absolute atomic E-state index is 0.240. The minimum atomic E-state index is 0.240. The molecule has 0 aromatic rings. The van der Waals surface area contributed by atoms with E-state index in [2.05, 4.69) is 27.7 Å². The highest BCUT2D eigenvalue weighted by Crippen LogP contribution is 2.41. The van der Waals surface area contributed by atoms with Gasteiger partial charge in [0, 0.05) is 5.92 Å². The summed E-state index contributed by atoms with van der Waals surface area (Å²) in [6.07, 6.45) is 8.67. The Balaban J connectivity index is 4.64. The summed E-state index contributed by atoms with van der Waals surface area (Å²) < 4.78 is 0. The molecule has 0 aliphatic carbocycles. The summed E-state index contributed by atoms with van der Waals surface area (Å²) in [5.74, 6) is 0.595. The van der Waals surface area contributed by atoms with Crippen molar-refractivity contribution in [3.8, 4) is 0 Å². The van der Waals surface area contributed by atoms with Crippen LogP contribution in [0.2, 0.25) is 0 Å². The van der Waals surface area contributed by atoms with E-state index in [1.807, 2.05) is 0 Å². The van der Waals surface area contributed by atoms with Crippen molar-refractivity contribution in [3.63, 3.8) is 0 Å². The smallest absolute Gasteiger partial charge is 0.132 e. The molecule has 1 nitrogen and oxygen atoms in total. The average molecular weight is 226 g/mol. The van der Waals surface area contributed by atoms with E-state index in [9.17, 15) is 4.79 Å². The number of carbonyl (C=O) groups excluding carboxylic acids is 1. The van der Waals surface area contributed by atoms with Crippen molar-refractivity contribution in [2.24, 2.45) is 11.3 Å². The molecule has 0 bridgehead atoms. The van der Waals surface area contributed by atoms with Gasteiger partial charge in [-0.05, 0) is 38.0 Å². The van der Waals surface area contributed by atoms with Gasteiger partial charge in [0.25, 0.3) is 0 Å². The summed E-state index contributed by atoms with van der Waals surface area (Å²) in [4.78, 5) is 11.4. The molecule has 0 aromatic carbocycles. The predicted molar refractivity (Wildman–Crippen MR) is 71.6 cm³/mol. The molecule has 0 aromatic heterocycles. The van der Waals surface area contributed by atoms with Gasteiger partial charge in [0.2, 0.25) is 0 Å². The van der Waals surface area contributed by atoms with E-state index in [0.29, 0.717) is 11.2 Å². The third kappa shape index (κ3) is 5.14.